The molecule has 0 saturated carbocycles. The van der Waals surface area contributed by atoms with E-state index in [9.17, 15) is 0 Å². The third kappa shape index (κ3) is 2.17. The van der Waals surface area contributed by atoms with Crippen LogP contribution >= 0.6 is 11.3 Å². The fraction of sp³-hybridized carbons (Fsp3) is 0. The molecule has 140 valence electrons. The molecule has 7 rings (SSSR count). The second kappa shape index (κ2) is 5.94. The second-order valence-electron chi connectivity index (χ2n) is 7.88. The van der Waals surface area contributed by atoms with Gasteiger partial charge in [-0.3, -0.25) is 0 Å². The first kappa shape index (κ1) is 16.2. The molecule has 30 heavy (non-hydrogen) atoms. The Labute approximate surface area is 177 Å². The van der Waals surface area contributed by atoms with Crippen molar-refractivity contribution >= 4 is 64.1 Å². The van der Waals surface area contributed by atoms with Gasteiger partial charge in [-0.25, -0.2) is 0 Å². The van der Waals surface area contributed by atoms with Crippen LogP contribution in [0.3, 0.4) is 0 Å². The predicted molar refractivity (Wildman–Crippen MR) is 132 cm³/mol. The number of hydrogen-bond donors (Lipinski definition) is 1. The maximum atomic E-state index is 3.75. The van der Waals surface area contributed by atoms with Gasteiger partial charge in [0.2, 0.25) is 0 Å². The van der Waals surface area contributed by atoms with Gasteiger partial charge in [-0.15, -0.1) is 11.3 Å². The zero-order valence-corrected chi connectivity index (χ0v) is 17.0. The van der Waals surface area contributed by atoms with E-state index in [-0.39, 0.29) is 0 Å². The zero-order chi connectivity index (χ0) is 19.7. The molecule has 2 heteroatoms. The number of hydrogen-bond acceptors (Lipinski definition) is 1. The molecule has 0 aliphatic carbocycles. The van der Waals surface area contributed by atoms with E-state index in [0.717, 1.165) is 0 Å². The quantitative estimate of drug-likeness (QED) is 0.285. The minimum atomic E-state index is 1.19. The van der Waals surface area contributed by atoms with Gasteiger partial charge in [0.15, 0.2) is 0 Å². The summed E-state index contributed by atoms with van der Waals surface area (Å²) in [6, 6.07) is 35.2. The SMILES string of the molecule is c1ccc2c(-c3ccc4c(c3)[nH]c3c4ccc4c5ccccc5sc43)cccc2c1. The Bertz CT molecular complexity index is 1740. The maximum Gasteiger partial charge on any atom is 0.0646 e. The summed E-state index contributed by atoms with van der Waals surface area (Å²) in [6.07, 6.45) is 0. The molecule has 2 heterocycles. The van der Waals surface area contributed by atoms with Crippen LogP contribution in [0, 0.1) is 0 Å². The summed E-state index contributed by atoms with van der Waals surface area (Å²) in [5.74, 6) is 0. The Balaban J connectivity index is 1.53. The number of nitrogens with one attached hydrogen (secondary N) is 1. The molecular formula is C28H17NS. The van der Waals surface area contributed by atoms with Gasteiger partial charge >= 0.3 is 0 Å². The predicted octanol–water partition coefficient (Wildman–Crippen LogP) is 8.51. The molecular weight excluding hydrogens is 382 g/mol. The summed E-state index contributed by atoms with van der Waals surface area (Å²) < 4.78 is 2.69. The minimum absolute atomic E-state index is 1.19. The Hall–Kier alpha value is -3.62. The van der Waals surface area contributed by atoms with Crippen LogP contribution in [0.2, 0.25) is 0 Å². The van der Waals surface area contributed by atoms with E-state index in [2.05, 4.69) is 102 Å². The molecule has 0 atom stereocenters. The van der Waals surface area contributed by atoms with E-state index in [4.69, 9.17) is 0 Å². The zero-order valence-electron chi connectivity index (χ0n) is 16.1. The minimum Gasteiger partial charge on any atom is -0.353 e. The van der Waals surface area contributed by atoms with Crippen molar-refractivity contribution < 1.29 is 0 Å². The smallest absolute Gasteiger partial charge is 0.0646 e. The number of fused-ring (bicyclic) bond motifs is 8. The lowest BCUT2D eigenvalue weighted by molar-refractivity contribution is 1.57. The second-order valence-corrected chi connectivity index (χ2v) is 8.93. The van der Waals surface area contributed by atoms with Crippen LogP contribution in [-0.4, -0.2) is 4.98 Å². The largest absolute Gasteiger partial charge is 0.353 e. The molecule has 0 radical (unpaired) electrons. The van der Waals surface area contributed by atoms with Gasteiger partial charge in [-0.2, -0.15) is 0 Å². The number of benzene rings is 5. The van der Waals surface area contributed by atoms with Gasteiger partial charge < -0.3 is 4.98 Å². The lowest BCUT2D eigenvalue weighted by Crippen LogP contribution is -1.81. The highest BCUT2D eigenvalue weighted by atomic mass is 32.1. The van der Waals surface area contributed by atoms with Crippen molar-refractivity contribution in [2.75, 3.05) is 0 Å². The molecule has 0 amide bonds. The topological polar surface area (TPSA) is 15.8 Å². The molecule has 0 unspecified atom stereocenters. The lowest BCUT2D eigenvalue weighted by atomic mass is 9.97. The first-order valence-corrected chi connectivity index (χ1v) is 11.0. The number of aromatic nitrogens is 1. The van der Waals surface area contributed by atoms with Gasteiger partial charge in [0.05, 0.1) is 10.2 Å². The molecule has 0 aliphatic heterocycles. The van der Waals surface area contributed by atoms with E-state index in [1.807, 2.05) is 11.3 Å². The van der Waals surface area contributed by atoms with Gasteiger partial charge in [-0.05, 0) is 34.0 Å². The maximum absolute atomic E-state index is 3.75. The van der Waals surface area contributed by atoms with Crippen LogP contribution in [0.25, 0.3) is 63.9 Å². The van der Waals surface area contributed by atoms with Crippen molar-refractivity contribution in [1.29, 1.82) is 0 Å². The highest BCUT2D eigenvalue weighted by molar-refractivity contribution is 7.26. The third-order valence-electron chi connectivity index (χ3n) is 6.22. The average molecular weight is 400 g/mol. The van der Waals surface area contributed by atoms with Crippen LogP contribution in [0.1, 0.15) is 0 Å². The Kier molecular flexibility index (Phi) is 3.21. The van der Waals surface area contributed by atoms with Crippen LogP contribution in [0.4, 0.5) is 0 Å². The number of aromatic amines is 1. The summed E-state index contributed by atoms with van der Waals surface area (Å²) in [6.45, 7) is 0. The summed E-state index contributed by atoms with van der Waals surface area (Å²) in [5.41, 5.74) is 4.97. The van der Waals surface area contributed by atoms with Crippen LogP contribution in [0.15, 0.2) is 97.1 Å². The summed E-state index contributed by atoms with van der Waals surface area (Å²) >= 11 is 1.88. The normalized spacial score (nSPS) is 12.0. The van der Waals surface area contributed by atoms with E-state index >= 15 is 0 Å². The van der Waals surface area contributed by atoms with Gasteiger partial charge in [0, 0.05) is 31.8 Å². The fourth-order valence-electron chi connectivity index (χ4n) is 4.80. The van der Waals surface area contributed by atoms with Crippen molar-refractivity contribution in [1.82, 2.24) is 4.98 Å². The highest BCUT2D eigenvalue weighted by Gasteiger charge is 2.13. The monoisotopic (exact) mass is 399 g/mol. The van der Waals surface area contributed by atoms with Crippen LogP contribution in [0.5, 0.6) is 0 Å². The Morgan fingerprint density at radius 3 is 2.30 bits per heavy atom. The average Bonchev–Trinajstić information content (AvgIpc) is 3.36. The Morgan fingerprint density at radius 1 is 0.567 bits per heavy atom. The third-order valence-corrected chi connectivity index (χ3v) is 7.42. The van der Waals surface area contributed by atoms with E-state index in [1.54, 1.807) is 0 Å². The first-order valence-electron chi connectivity index (χ1n) is 10.2. The lowest BCUT2D eigenvalue weighted by Gasteiger charge is -2.07. The van der Waals surface area contributed by atoms with Crippen LogP contribution < -0.4 is 0 Å². The van der Waals surface area contributed by atoms with E-state index < -0.39 is 0 Å². The number of rotatable bonds is 1. The first-order chi connectivity index (χ1) is 14.9. The van der Waals surface area contributed by atoms with Gasteiger partial charge in [-0.1, -0.05) is 84.9 Å². The number of thiophene rings is 1. The van der Waals surface area contributed by atoms with Gasteiger partial charge in [0.25, 0.3) is 0 Å². The summed E-state index contributed by atoms with van der Waals surface area (Å²) in [7, 11) is 0. The number of H-pyrrole nitrogens is 1. The fourth-order valence-corrected chi connectivity index (χ4v) is 6.00. The van der Waals surface area contributed by atoms with E-state index in [0.29, 0.717) is 0 Å². The molecule has 0 aliphatic rings. The summed E-state index contributed by atoms with van der Waals surface area (Å²) in [5, 5.41) is 7.83. The highest BCUT2D eigenvalue weighted by Crippen LogP contribution is 2.41. The molecule has 1 nitrogen and oxygen atoms in total. The van der Waals surface area contributed by atoms with Crippen molar-refractivity contribution in [3.63, 3.8) is 0 Å². The molecule has 7 aromatic rings. The standard InChI is InChI=1S/C28H17NS/c1-2-8-19-17(6-1)7-5-10-20(19)18-12-13-21-23-14-15-24-22-9-3-4-11-26(22)30-28(24)27(23)29-25(21)16-18/h1-16,29H. The Morgan fingerprint density at radius 2 is 1.33 bits per heavy atom. The summed E-state index contributed by atoms with van der Waals surface area (Å²) in [4.78, 5) is 3.75. The van der Waals surface area contributed by atoms with Crippen molar-refractivity contribution in [3.05, 3.63) is 97.1 Å². The van der Waals surface area contributed by atoms with Crippen molar-refractivity contribution in [2.24, 2.45) is 0 Å². The molecule has 0 fully saturated rings. The molecule has 5 aromatic carbocycles. The molecule has 1 N–H and O–H groups in total. The molecule has 0 spiro atoms. The van der Waals surface area contributed by atoms with E-state index in [1.165, 1.54) is 63.9 Å². The molecule has 2 aromatic heterocycles. The van der Waals surface area contributed by atoms with Crippen molar-refractivity contribution in [3.8, 4) is 11.1 Å². The molecule has 0 bridgehead atoms. The molecule has 0 saturated heterocycles. The van der Waals surface area contributed by atoms with Crippen molar-refractivity contribution in [2.45, 2.75) is 0 Å². The van der Waals surface area contributed by atoms with Crippen LogP contribution in [-0.2, 0) is 0 Å². The van der Waals surface area contributed by atoms with Gasteiger partial charge in [0.1, 0.15) is 0 Å².